The van der Waals surface area contributed by atoms with Crippen molar-refractivity contribution < 1.29 is 5.11 Å². The predicted molar refractivity (Wildman–Crippen MR) is 30.1 cm³/mol. The topological polar surface area (TPSA) is 19.9 Å². The van der Waals surface area contributed by atoms with Crippen LogP contribution in [0.2, 0.25) is 0 Å². The zero-order valence-corrected chi connectivity index (χ0v) is 5.24. The average Bonchev–Trinajstić information content (AvgIpc) is 1.61. The Balaban J connectivity index is 2.68. The predicted octanol–water partition coefficient (Wildman–Crippen LogP) is 1.82. The maximum absolute atomic E-state index is 9.78. The summed E-state index contributed by atoms with van der Waals surface area (Å²) in [4.78, 5) is 0. The van der Waals surface area contributed by atoms with E-state index in [-0.39, 0.29) is 12.0 Å². The Morgan fingerprint density at radius 1 is 1.71 bits per heavy atom. The minimum atomic E-state index is 0.0110. The van der Waals surface area contributed by atoms with Crippen molar-refractivity contribution >= 4 is 11.6 Å². The number of halogens is 1. The summed E-state index contributed by atoms with van der Waals surface area (Å²) in [7, 11) is 0. The van der Waals surface area contributed by atoms with Crippen molar-refractivity contribution in [3.05, 3.63) is 0 Å². The zero-order valence-electron chi connectivity index (χ0n) is 4.48. The molecule has 0 amide bonds. The molecule has 0 rings (SSSR count). The Morgan fingerprint density at radius 2 is 2.29 bits per heavy atom. The Labute approximate surface area is 49.3 Å². The van der Waals surface area contributed by atoms with Gasteiger partial charge in [-0.05, 0) is 19.8 Å². The largest absolute Gasteiger partial charge is 0.237 e. The minimum absolute atomic E-state index is 0.0110. The summed E-state index contributed by atoms with van der Waals surface area (Å²) in [5.41, 5.74) is 0. The van der Waals surface area contributed by atoms with Gasteiger partial charge in [-0.15, -0.1) is 11.6 Å². The molecule has 0 N–H and O–H groups in total. The van der Waals surface area contributed by atoms with Crippen LogP contribution >= 0.6 is 11.6 Å². The summed E-state index contributed by atoms with van der Waals surface area (Å²) in [5.74, 6) is 0. The fraction of sp³-hybridized carbons (Fsp3) is 1.00. The van der Waals surface area contributed by atoms with Crippen LogP contribution in [0.4, 0.5) is 0 Å². The monoisotopic (exact) mass is 121 g/mol. The van der Waals surface area contributed by atoms with Crippen molar-refractivity contribution in [1.29, 1.82) is 0 Å². The molecule has 0 spiro atoms. The van der Waals surface area contributed by atoms with E-state index in [0.717, 1.165) is 6.42 Å². The first-order valence-corrected chi connectivity index (χ1v) is 2.93. The molecule has 1 atom stereocenters. The van der Waals surface area contributed by atoms with Gasteiger partial charge >= 0.3 is 0 Å². The quantitative estimate of drug-likeness (QED) is 0.508. The molecule has 0 aliphatic carbocycles. The molecule has 0 bridgehead atoms. The Bertz CT molecular complexity index is 37.1. The van der Waals surface area contributed by atoms with Crippen LogP contribution in [-0.4, -0.2) is 12.0 Å². The highest BCUT2D eigenvalue weighted by molar-refractivity contribution is 6.20. The Morgan fingerprint density at radius 3 is 2.43 bits per heavy atom. The summed E-state index contributed by atoms with van der Waals surface area (Å²) < 4.78 is 0. The molecule has 0 aromatic carbocycles. The summed E-state index contributed by atoms with van der Waals surface area (Å²) >= 11 is 5.52. The third-order valence-corrected chi connectivity index (χ3v) is 0.964. The smallest absolute Gasteiger partial charge is 0.0822 e. The average molecular weight is 122 g/mol. The molecule has 0 heterocycles. The first-order chi connectivity index (χ1) is 3.27. The van der Waals surface area contributed by atoms with Crippen molar-refractivity contribution in [3.8, 4) is 0 Å². The van der Waals surface area contributed by atoms with Crippen molar-refractivity contribution in [2.45, 2.75) is 25.1 Å². The van der Waals surface area contributed by atoms with Gasteiger partial charge in [0.2, 0.25) is 0 Å². The van der Waals surface area contributed by atoms with E-state index in [9.17, 15) is 5.11 Å². The van der Waals surface area contributed by atoms with E-state index in [0.29, 0.717) is 6.42 Å². The molecule has 0 saturated heterocycles. The van der Waals surface area contributed by atoms with E-state index in [1.165, 1.54) is 0 Å². The molecule has 43 valence electrons. The van der Waals surface area contributed by atoms with Gasteiger partial charge < -0.3 is 0 Å². The summed E-state index contributed by atoms with van der Waals surface area (Å²) in [5, 5.41) is 9.95. The summed E-state index contributed by atoms with van der Waals surface area (Å²) in [6.45, 7) is 1.91. The molecule has 0 aliphatic heterocycles. The maximum Gasteiger partial charge on any atom is 0.0822 e. The van der Waals surface area contributed by atoms with E-state index in [2.05, 4.69) is 0 Å². The molecule has 0 aromatic rings. The van der Waals surface area contributed by atoms with Crippen LogP contribution < -0.4 is 0 Å². The molecule has 0 fully saturated rings. The van der Waals surface area contributed by atoms with Gasteiger partial charge in [-0.3, -0.25) is 0 Å². The van der Waals surface area contributed by atoms with Gasteiger partial charge in [-0.25, -0.2) is 5.11 Å². The fourth-order valence-electron chi connectivity index (χ4n) is 0.365. The van der Waals surface area contributed by atoms with Crippen LogP contribution in [0.5, 0.6) is 0 Å². The second kappa shape index (κ2) is 4.41. The second-order valence-corrected chi connectivity index (χ2v) is 2.37. The molecule has 0 aliphatic rings. The van der Waals surface area contributed by atoms with Gasteiger partial charge in [0, 0.05) is 5.38 Å². The van der Waals surface area contributed by atoms with E-state index >= 15 is 0 Å². The first kappa shape index (κ1) is 7.25. The second-order valence-electron chi connectivity index (χ2n) is 1.63. The van der Waals surface area contributed by atoms with Crippen LogP contribution in [0.25, 0.3) is 0 Å². The molecule has 0 aromatic heterocycles. The van der Waals surface area contributed by atoms with E-state index in [1.54, 1.807) is 0 Å². The number of hydrogen-bond acceptors (Lipinski definition) is 0. The lowest BCUT2D eigenvalue weighted by Gasteiger charge is -1.95. The normalized spacial score (nSPS) is 14.1. The van der Waals surface area contributed by atoms with Gasteiger partial charge in [0.05, 0.1) is 6.61 Å². The van der Waals surface area contributed by atoms with Crippen LogP contribution in [-0.2, 0) is 5.11 Å². The lowest BCUT2D eigenvalue weighted by molar-refractivity contribution is 0.187. The van der Waals surface area contributed by atoms with Crippen LogP contribution in [0.3, 0.4) is 0 Å². The van der Waals surface area contributed by atoms with Crippen molar-refractivity contribution in [2.75, 3.05) is 6.61 Å². The fourth-order valence-corrected chi connectivity index (χ4v) is 0.519. The highest BCUT2D eigenvalue weighted by Crippen LogP contribution is 2.01. The Hall–Kier alpha value is 0.250. The molecular weight excluding hydrogens is 112 g/mol. The number of rotatable bonds is 3. The highest BCUT2D eigenvalue weighted by Gasteiger charge is 1.92. The van der Waals surface area contributed by atoms with Crippen molar-refractivity contribution in [2.24, 2.45) is 0 Å². The molecule has 1 nitrogen and oxygen atoms in total. The minimum Gasteiger partial charge on any atom is -0.237 e. The van der Waals surface area contributed by atoms with Gasteiger partial charge in [0.15, 0.2) is 0 Å². The van der Waals surface area contributed by atoms with Crippen LogP contribution in [0, 0.1) is 0 Å². The zero-order chi connectivity index (χ0) is 5.70. The van der Waals surface area contributed by atoms with Crippen molar-refractivity contribution in [1.82, 2.24) is 0 Å². The molecule has 7 heavy (non-hydrogen) atoms. The molecular formula is C5H10ClO. The third-order valence-electron chi connectivity index (χ3n) is 0.746. The lowest BCUT2D eigenvalue weighted by Crippen LogP contribution is -1.91. The molecule has 1 unspecified atom stereocenters. The van der Waals surface area contributed by atoms with E-state index < -0.39 is 0 Å². The van der Waals surface area contributed by atoms with Gasteiger partial charge in [0.25, 0.3) is 0 Å². The summed E-state index contributed by atoms with van der Waals surface area (Å²) in [6.07, 6.45) is 1.57. The van der Waals surface area contributed by atoms with Crippen LogP contribution in [0.15, 0.2) is 0 Å². The number of alkyl halides is 1. The van der Waals surface area contributed by atoms with Gasteiger partial charge in [-0.1, -0.05) is 0 Å². The van der Waals surface area contributed by atoms with Gasteiger partial charge in [-0.2, -0.15) is 0 Å². The van der Waals surface area contributed by atoms with Crippen molar-refractivity contribution in [3.63, 3.8) is 0 Å². The third kappa shape index (κ3) is 6.25. The standard InChI is InChI=1S/C5H10ClO/c1-5(6)3-2-4-7/h5H,2-4H2,1H3. The summed E-state index contributed by atoms with van der Waals surface area (Å²) in [6, 6.07) is 0. The van der Waals surface area contributed by atoms with E-state index in [1.807, 2.05) is 6.92 Å². The lowest BCUT2D eigenvalue weighted by atomic mass is 10.3. The maximum atomic E-state index is 9.78. The molecule has 2 heteroatoms. The number of hydrogen-bond donors (Lipinski definition) is 0. The van der Waals surface area contributed by atoms with E-state index in [4.69, 9.17) is 11.6 Å². The first-order valence-electron chi connectivity index (χ1n) is 2.49. The Kier molecular flexibility index (Phi) is 4.57. The molecule has 0 saturated carbocycles. The SMILES string of the molecule is CC(Cl)CCC[O]. The van der Waals surface area contributed by atoms with Gasteiger partial charge in [0.1, 0.15) is 0 Å². The molecule has 1 radical (unpaired) electrons. The highest BCUT2D eigenvalue weighted by atomic mass is 35.5. The van der Waals surface area contributed by atoms with Crippen LogP contribution in [0.1, 0.15) is 19.8 Å².